The number of carbonyl (C=O) groups excluding carboxylic acids is 2. The number of hydrogen-bond acceptors (Lipinski definition) is 4. The number of amides is 2. The highest BCUT2D eigenvalue weighted by Gasteiger charge is 2.60. The Bertz CT molecular complexity index is 1550. The molecular weight excluding hydrogens is 510 g/mol. The van der Waals surface area contributed by atoms with E-state index < -0.39 is 5.54 Å². The standard InChI is InChI=1S/C34H41N5O2/c1-22-30(26-12-8-9-13-28(26)36-22)31-27(33(31,2)3)19-29(40)39(21-23-11-10-18-35-20-23)34(4,5)32(41)37-24-14-16-25(17-15-24)38(6)7/h8-18,20,27,31,36H,19,21H2,1-7H3,(H,37,41)/t27-,31+/m1/s1. The van der Waals surface area contributed by atoms with Gasteiger partial charge < -0.3 is 20.1 Å². The largest absolute Gasteiger partial charge is 0.378 e. The van der Waals surface area contributed by atoms with E-state index in [1.807, 2.05) is 75.3 Å². The Morgan fingerprint density at radius 3 is 2.39 bits per heavy atom. The minimum atomic E-state index is -1.10. The van der Waals surface area contributed by atoms with Crippen LogP contribution in [0.3, 0.4) is 0 Å². The van der Waals surface area contributed by atoms with E-state index in [0.29, 0.717) is 18.7 Å². The van der Waals surface area contributed by atoms with Gasteiger partial charge >= 0.3 is 0 Å². The van der Waals surface area contributed by atoms with Crippen LogP contribution in [0.2, 0.25) is 0 Å². The van der Waals surface area contributed by atoms with E-state index in [-0.39, 0.29) is 29.1 Å². The lowest BCUT2D eigenvalue weighted by Gasteiger charge is -2.37. The van der Waals surface area contributed by atoms with E-state index in [2.05, 4.69) is 54.3 Å². The molecule has 214 valence electrons. The van der Waals surface area contributed by atoms with Crippen molar-refractivity contribution in [2.75, 3.05) is 24.3 Å². The van der Waals surface area contributed by atoms with E-state index in [1.54, 1.807) is 17.3 Å². The maximum Gasteiger partial charge on any atom is 0.249 e. The second-order valence-electron chi connectivity index (χ2n) is 12.6. The number of hydrogen-bond donors (Lipinski definition) is 2. The molecule has 1 aliphatic rings. The fourth-order valence-corrected chi connectivity index (χ4v) is 6.22. The summed E-state index contributed by atoms with van der Waals surface area (Å²) in [5, 5.41) is 4.27. The number of aromatic nitrogens is 2. The van der Waals surface area contributed by atoms with Crippen LogP contribution in [-0.2, 0) is 16.1 Å². The molecule has 7 heteroatoms. The van der Waals surface area contributed by atoms with Crippen LogP contribution >= 0.6 is 0 Å². The zero-order valence-electron chi connectivity index (χ0n) is 25.2. The number of nitrogens with one attached hydrogen (secondary N) is 2. The first-order chi connectivity index (χ1) is 19.4. The summed E-state index contributed by atoms with van der Waals surface area (Å²) in [4.78, 5) is 39.4. The van der Waals surface area contributed by atoms with Crippen molar-refractivity contribution in [3.05, 3.63) is 89.9 Å². The summed E-state index contributed by atoms with van der Waals surface area (Å²) < 4.78 is 0. The Hall–Kier alpha value is -4.13. The third-order valence-electron chi connectivity index (χ3n) is 8.94. The van der Waals surface area contributed by atoms with Crippen LogP contribution in [0.1, 0.15) is 56.9 Å². The molecule has 1 saturated carbocycles. The fourth-order valence-electron chi connectivity index (χ4n) is 6.22. The van der Waals surface area contributed by atoms with Gasteiger partial charge in [0.05, 0.1) is 0 Å². The van der Waals surface area contributed by atoms with E-state index >= 15 is 0 Å². The topological polar surface area (TPSA) is 81.3 Å². The van der Waals surface area contributed by atoms with Crippen LogP contribution in [0.5, 0.6) is 0 Å². The number of aromatic amines is 1. The van der Waals surface area contributed by atoms with Crippen molar-refractivity contribution in [3.63, 3.8) is 0 Å². The van der Waals surface area contributed by atoms with Gasteiger partial charge in [0.25, 0.3) is 0 Å². The smallest absolute Gasteiger partial charge is 0.249 e. The quantitative estimate of drug-likeness (QED) is 0.248. The predicted octanol–water partition coefficient (Wildman–Crippen LogP) is 6.51. The van der Waals surface area contributed by atoms with Gasteiger partial charge in [-0.1, -0.05) is 38.1 Å². The molecule has 4 aromatic rings. The molecule has 0 spiro atoms. The molecule has 0 radical (unpaired) electrons. The van der Waals surface area contributed by atoms with Crippen LogP contribution in [0, 0.1) is 18.3 Å². The number of carbonyl (C=O) groups is 2. The van der Waals surface area contributed by atoms with Gasteiger partial charge in [-0.15, -0.1) is 0 Å². The maximum atomic E-state index is 14.2. The lowest BCUT2D eigenvalue weighted by atomic mass is 9.98. The highest BCUT2D eigenvalue weighted by atomic mass is 16.2. The molecule has 7 nitrogen and oxygen atoms in total. The second-order valence-corrected chi connectivity index (χ2v) is 12.6. The number of para-hydroxylation sites is 1. The molecule has 0 aliphatic heterocycles. The van der Waals surface area contributed by atoms with Gasteiger partial charge in [-0.3, -0.25) is 14.6 Å². The fraction of sp³-hybridized carbons (Fsp3) is 0.382. The van der Waals surface area contributed by atoms with Gasteiger partial charge in [0.2, 0.25) is 11.8 Å². The van der Waals surface area contributed by atoms with Crippen molar-refractivity contribution in [1.29, 1.82) is 0 Å². The first-order valence-electron chi connectivity index (χ1n) is 14.3. The summed E-state index contributed by atoms with van der Waals surface area (Å²) in [6.45, 7) is 10.6. The average Bonchev–Trinajstić information content (AvgIpc) is 3.28. The molecule has 2 heterocycles. The normalized spacial score (nSPS) is 17.7. The number of pyridine rings is 1. The highest BCUT2D eigenvalue weighted by molar-refractivity contribution is 6.00. The van der Waals surface area contributed by atoms with Crippen molar-refractivity contribution in [2.24, 2.45) is 11.3 Å². The first-order valence-corrected chi connectivity index (χ1v) is 14.3. The van der Waals surface area contributed by atoms with Crippen molar-refractivity contribution < 1.29 is 9.59 Å². The Kier molecular flexibility index (Phi) is 7.41. The summed E-state index contributed by atoms with van der Waals surface area (Å²) >= 11 is 0. The summed E-state index contributed by atoms with van der Waals surface area (Å²) in [6, 6.07) is 19.9. The zero-order chi connectivity index (χ0) is 29.5. The van der Waals surface area contributed by atoms with Gasteiger partial charge in [0.1, 0.15) is 5.54 Å². The lowest BCUT2D eigenvalue weighted by Crippen LogP contribution is -2.54. The third-order valence-corrected chi connectivity index (χ3v) is 8.94. The Labute approximate surface area is 243 Å². The van der Waals surface area contributed by atoms with Crippen LogP contribution < -0.4 is 10.2 Å². The number of nitrogens with zero attached hydrogens (tertiary/aromatic N) is 3. The number of anilines is 2. The Morgan fingerprint density at radius 1 is 1.02 bits per heavy atom. The Morgan fingerprint density at radius 2 is 1.73 bits per heavy atom. The summed E-state index contributed by atoms with van der Waals surface area (Å²) in [5.41, 5.74) is 5.08. The molecular formula is C34H41N5O2. The van der Waals surface area contributed by atoms with Gasteiger partial charge in [0.15, 0.2) is 0 Å². The van der Waals surface area contributed by atoms with Crippen molar-refractivity contribution in [3.8, 4) is 0 Å². The first kappa shape index (κ1) is 28.4. The number of rotatable bonds is 9. The highest BCUT2D eigenvalue weighted by Crippen LogP contribution is 2.67. The molecule has 2 aromatic carbocycles. The minimum Gasteiger partial charge on any atom is -0.378 e. The van der Waals surface area contributed by atoms with Crippen LogP contribution in [0.4, 0.5) is 11.4 Å². The zero-order valence-corrected chi connectivity index (χ0v) is 25.2. The Balaban J connectivity index is 1.40. The van der Waals surface area contributed by atoms with Crippen molar-refractivity contribution in [1.82, 2.24) is 14.9 Å². The molecule has 1 fully saturated rings. The molecule has 2 amide bonds. The molecule has 41 heavy (non-hydrogen) atoms. The number of fused-ring (bicyclic) bond motifs is 1. The molecule has 2 atom stereocenters. The monoisotopic (exact) mass is 551 g/mol. The van der Waals surface area contributed by atoms with E-state index in [9.17, 15) is 9.59 Å². The van der Waals surface area contributed by atoms with E-state index in [1.165, 1.54) is 10.9 Å². The predicted molar refractivity (Wildman–Crippen MR) is 166 cm³/mol. The van der Waals surface area contributed by atoms with Crippen molar-refractivity contribution in [2.45, 2.75) is 59.0 Å². The van der Waals surface area contributed by atoms with Crippen LogP contribution in [-0.4, -0.2) is 46.3 Å². The molecule has 5 rings (SSSR count). The minimum absolute atomic E-state index is 0.0324. The third kappa shape index (κ3) is 5.45. The van der Waals surface area contributed by atoms with Gasteiger partial charge in [0, 0.05) is 67.4 Å². The van der Waals surface area contributed by atoms with E-state index in [4.69, 9.17) is 0 Å². The maximum absolute atomic E-state index is 14.2. The average molecular weight is 552 g/mol. The van der Waals surface area contributed by atoms with Crippen LogP contribution in [0.25, 0.3) is 10.9 Å². The van der Waals surface area contributed by atoms with Gasteiger partial charge in [-0.05, 0) is 85.5 Å². The molecule has 0 unspecified atom stereocenters. The molecule has 1 aliphatic carbocycles. The van der Waals surface area contributed by atoms with Crippen molar-refractivity contribution >= 4 is 34.1 Å². The molecule has 2 N–H and O–H groups in total. The molecule has 0 saturated heterocycles. The molecule has 0 bridgehead atoms. The number of aryl methyl sites for hydroxylation is 1. The van der Waals surface area contributed by atoms with Crippen LogP contribution in [0.15, 0.2) is 73.1 Å². The van der Waals surface area contributed by atoms with Gasteiger partial charge in [-0.25, -0.2) is 0 Å². The molecule has 2 aromatic heterocycles. The van der Waals surface area contributed by atoms with E-state index in [0.717, 1.165) is 22.5 Å². The lowest BCUT2D eigenvalue weighted by molar-refractivity contribution is -0.145. The summed E-state index contributed by atoms with van der Waals surface area (Å²) in [6.07, 6.45) is 3.84. The summed E-state index contributed by atoms with van der Waals surface area (Å²) in [5.74, 6) is 0.165. The second kappa shape index (κ2) is 10.7. The number of benzene rings is 2. The van der Waals surface area contributed by atoms with Gasteiger partial charge in [-0.2, -0.15) is 0 Å². The summed E-state index contributed by atoms with van der Waals surface area (Å²) in [7, 11) is 3.95. The SMILES string of the molecule is Cc1[nH]c2ccccc2c1[C@@H]1[C@@H](CC(=O)N(Cc2cccnc2)C(C)(C)C(=O)Nc2ccc(N(C)C)cc2)C1(C)C. The number of H-pyrrole nitrogens is 1.